The number of anilines is 4. The fourth-order valence-electron chi connectivity index (χ4n) is 2.70. The molecule has 0 atom stereocenters. The van der Waals surface area contributed by atoms with E-state index in [1.165, 1.54) is 12.4 Å². The molecule has 0 saturated carbocycles. The number of hydrazine groups is 1. The third-order valence-corrected chi connectivity index (χ3v) is 4.33. The zero-order valence-electron chi connectivity index (χ0n) is 17.2. The minimum absolute atomic E-state index is 0.0157. The predicted octanol–water partition coefficient (Wildman–Crippen LogP) is 1.12. The second-order valence-corrected chi connectivity index (χ2v) is 6.84. The van der Waals surface area contributed by atoms with E-state index in [0.717, 1.165) is 5.01 Å². The van der Waals surface area contributed by atoms with Crippen LogP contribution in [-0.2, 0) is 4.79 Å². The van der Waals surface area contributed by atoms with Gasteiger partial charge in [-0.2, -0.15) is 20.0 Å². The van der Waals surface area contributed by atoms with Crippen molar-refractivity contribution in [1.82, 2.24) is 35.4 Å². The van der Waals surface area contributed by atoms with Gasteiger partial charge in [0, 0.05) is 25.6 Å². The van der Waals surface area contributed by atoms with E-state index in [2.05, 4.69) is 51.3 Å². The number of amidine groups is 1. The Morgan fingerprint density at radius 1 is 1.12 bits per heavy atom. The molecule has 0 spiro atoms. The Morgan fingerprint density at radius 2 is 1.94 bits per heavy atom. The molecule has 166 valence electrons. The summed E-state index contributed by atoms with van der Waals surface area (Å²) in [7, 11) is 1.66. The zero-order valence-corrected chi connectivity index (χ0v) is 18.0. The van der Waals surface area contributed by atoms with Gasteiger partial charge in [-0.1, -0.05) is 6.07 Å². The minimum atomic E-state index is -0.543. The number of hydrogen-bond acceptors (Lipinski definition) is 10. The Balaban J connectivity index is 1.45. The maximum atomic E-state index is 12.5. The first-order valence-corrected chi connectivity index (χ1v) is 9.97. The van der Waals surface area contributed by atoms with Crippen molar-refractivity contribution in [2.24, 2.45) is 4.99 Å². The quantitative estimate of drug-likeness (QED) is 0.315. The number of nitrogens with one attached hydrogen (secondary N) is 4. The Labute approximate surface area is 192 Å². The van der Waals surface area contributed by atoms with Crippen molar-refractivity contribution in [3.05, 3.63) is 54.5 Å². The van der Waals surface area contributed by atoms with Crippen LogP contribution in [0.4, 0.5) is 23.7 Å². The van der Waals surface area contributed by atoms with E-state index >= 15 is 0 Å². The number of rotatable bonds is 5. The minimum Gasteiger partial charge on any atom is -0.357 e. The van der Waals surface area contributed by atoms with Gasteiger partial charge in [0.05, 0.1) is 12.0 Å². The highest BCUT2D eigenvalue weighted by Crippen LogP contribution is 2.14. The maximum absolute atomic E-state index is 12.5. The maximum Gasteiger partial charge on any atom is 0.281 e. The predicted molar refractivity (Wildman–Crippen MR) is 124 cm³/mol. The number of hydrogen-bond donors (Lipinski definition) is 4. The van der Waals surface area contributed by atoms with Crippen LogP contribution >= 0.6 is 12.2 Å². The lowest BCUT2D eigenvalue weighted by atomic mass is 10.2. The van der Waals surface area contributed by atoms with E-state index in [-0.39, 0.29) is 40.8 Å². The summed E-state index contributed by atoms with van der Waals surface area (Å²) < 4.78 is 0. The van der Waals surface area contributed by atoms with E-state index in [0.29, 0.717) is 5.82 Å². The topological polar surface area (TPSA) is 162 Å². The van der Waals surface area contributed by atoms with Gasteiger partial charge >= 0.3 is 0 Å². The number of carbonyl (C=O) groups is 2. The Morgan fingerprint density at radius 3 is 2.67 bits per heavy atom. The molecule has 0 unspecified atom stereocenters. The molecular formula is C19H17N11O2S. The summed E-state index contributed by atoms with van der Waals surface area (Å²) in [6.07, 6.45) is 4.41. The van der Waals surface area contributed by atoms with Crippen molar-refractivity contribution in [3.8, 4) is 0 Å². The molecule has 0 aliphatic carbocycles. The Kier molecular flexibility index (Phi) is 6.36. The first-order valence-electron chi connectivity index (χ1n) is 9.56. The molecule has 0 bridgehead atoms. The van der Waals surface area contributed by atoms with Gasteiger partial charge in [0.25, 0.3) is 11.8 Å². The summed E-state index contributed by atoms with van der Waals surface area (Å²) in [5, 5.41) is 9.43. The highest BCUT2D eigenvalue weighted by atomic mass is 32.1. The number of thiocarbonyl (C=S) groups is 1. The van der Waals surface area contributed by atoms with Gasteiger partial charge in [-0.15, -0.1) is 0 Å². The molecule has 0 aromatic carbocycles. The van der Waals surface area contributed by atoms with Crippen LogP contribution < -0.4 is 21.4 Å². The standard InChI is InChI=1S/C19H17N11O2S/c1-20-16-25-17(23-12-6-2-3-8-22-12)27-18(26-16)28-19(33)24-13-9-14(31)30(29-13)15(32)11-5-4-7-21-10-11/h2-8,10H,9H2,1H3,(H4,20,22,23,24,25,26,27,28,29,33). The molecule has 1 saturated heterocycles. The fourth-order valence-corrected chi connectivity index (χ4v) is 2.90. The number of aromatic nitrogens is 5. The average molecular weight is 463 g/mol. The lowest BCUT2D eigenvalue weighted by molar-refractivity contribution is -0.126. The smallest absolute Gasteiger partial charge is 0.281 e. The summed E-state index contributed by atoms with van der Waals surface area (Å²) in [4.78, 5) is 49.6. The van der Waals surface area contributed by atoms with Crippen LogP contribution in [0.15, 0.2) is 53.9 Å². The number of pyridine rings is 2. The first-order chi connectivity index (χ1) is 16.0. The normalized spacial score (nSPS) is 14.0. The molecular weight excluding hydrogens is 446 g/mol. The number of aliphatic imine (C=N–C) groups is 1. The number of amides is 2. The van der Waals surface area contributed by atoms with Gasteiger partial charge in [-0.05, 0) is 36.5 Å². The van der Waals surface area contributed by atoms with Crippen LogP contribution in [0, 0.1) is 0 Å². The number of carbonyl (C=O) groups excluding carboxylic acids is 2. The molecule has 0 radical (unpaired) electrons. The average Bonchev–Trinajstić information content (AvgIpc) is 3.19. The SMILES string of the molecule is CNc1nc(NC(=S)/N=C2\CC(=O)N(C(=O)c3cccnc3)N2)nc(Nc2ccccn2)n1. The van der Waals surface area contributed by atoms with E-state index in [4.69, 9.17) is 12.2 Å². The molecule has 33 heavy (non-hydrogen) atoms. The van der Waals surface area contributed by atoms with Gasteiger partial charge in [-0.25, -0.2) is 9.98 Å². The molecule has 4 heterocycles. The summed E-state index contributed by atoms with van der Waals surface area (Å²) in [5.74, 6) is 0.367. The van der Waals surface area contributed by atoms with E-state index < -0.39 is 11.8 Å². The summed E-state index contributed by atoms with van der Waals surface area (Å²) in [6, 6.07) is 8.52. The monoisotopic (exact) mass is 463 g/mol. The van der Waals surface area contributed by atoms with Crippen molar-refractivity contribution in [1.29, 1.82) is 0 Å². The zero-order chi connectivity index (χ0) is 23.2. The second kappa shape index (κ2) is 9.69. The van der Waals surface area contributed by atoms with Crippen molar-refractivity contribution < 1.29 is 9.59 Å². The van der Waals surface area contributed by atoms with Gasteiger partial charge < -0.3 is 10.6 Å². The van der Waals surface area contributed by atoms with Gasteiger partial charge in [0.15, 0.2) is 0 Å². The molecule has 1 aliphatic heterocycles. The first kappa shape index (κ1) is 21.6. The van der Waals surface area contributed by atoms with Crippen LogP contribution in [-0.4, -0.2) is 59.7 Å². The molecule has 14 heteroatoms. The highest BCUT2D eigenvalue weighted by Gasteiger charge is 2.32. The molecule has 3 aromatic heterocycles. The lowest BCUT2D eigenvalue weighted by Gasteiger charge is -2.13. The molecule has 4 rings (SSSR count). The fraction of sp³-hybridized carbons (Fsp3) is 0.105. The van der Waals surface area contributed by atoms with Gasteiger partial charge in [-0.3, -0.25) is 25.3 Å². The van der Waals surface area contributed by atoms with Crippen molar-refractivity contribution in [2.75, 3.05) is 23.0 Å². The van der Waals surface area contributed by atoms with Crippen LogP contribution in [0.2, 0.25) is 0 Å². The number of nitrogens with zero attached hydrogens (tertiary/aromatic N) is 7. The molecule has 1 fully saturated rings. The van der Waals surface area contributed by atoms with Crippen LogP contribution in [0.1, 0.15) is 16.8 Å². The van der Waals surface area contributed by atoms with Gasteiger partial charge in [0.2, 0.25) is 23.0 Å². The van der Waals surface area contributed by atoms with Crippen LogP contribution in [0.25, 0.3) is 0 Å². The van der Waals surface area contributed by atoms with Crippen molar-refractivity contribution >= 4 is 58.6 Å². The molecule has 13 nitrogen and oxygen atoms in total. The number of imide groups is 1. The molecule has 1 aliphatic rings. The molecule has 3 aromatic rings. The lowest BCUT2D eigenvalue weighted by Crippen LogP contribution is -2.41. The third-order valence-electron chi connectivity index (χ3n) is 4.14. The molecule has 4 N–H and O–H groups in total. The van der Waals surface area contributed by atoms with E-state index in [1.54, 1.807) is 37.5 Å². The highest BCUT2D eigenvalue weighted by molar-refractivity contribution is 7.80. The second-order valence-electron chi connectivity index (χ2n) is 6.45. The summed E-state index contributed by atoms with van der Waals surface area (Å²) >= 11 is 5.24. The van der Waals surface area contributed by atoms with Crippen LogP contribution in [0.3, 0.4) is 0 Å². The summed E-state index contributed by atoms with van der Waals surface area (Å²) in [5.41, 5.74) is 2.93. The largest absolute Gasteiger partial charge is 0.357 e. The summed E-state index contributed by atoms with van der Waals surface area (Å²) in [6.45, 7) is 0. The van der Waals surface area contributed by atoms with Crippen molar-refractivity contribution in [2.45, 2.75) is 6.42 Å². The van der Waals surface area contributed by atoms with E-state index in [1.807, 2.05) is 6.07 Å². The van der Waals surface area contributed by atoms with Crippen molar-refractivity contribution in [3.63, 3.8) is 0 Å². The van der Waals surface area contributed by atoms with Crippen LogP contribution in [0.5, 0.6) is 0 Å². The third kappa shape index (κ3) is 5.37. The Hall–Kier alpha value is -4.59. The van der Waals surface area contributed by atoms with Gasteiger partial charge in [0.1, 0.15) is 11.7 Å². The van der Waals surface area contributed by atoms with E-state index in [9.17, 15) is 9.59 Å². The Bertz CT molecular complexity index is 1220. The molecule has 2 amide bonds.